The van der Waals surface area contributed by atoms with Gasteiger partial charge in [0.1, 0.15) is 0 Å². The maximum absolute atomic E-state index is 10.5. The normalized spacial score (nSPS) is 69.5. The Hall–Kier alpha value is -0.0400. The molecule has 0 spiro atoms. The van der Waals surface area contributed by atoms with Crippen molar-refractivity contribution in [1.82, 2.24) is 0 Å². The lowest BCUT2D eigenvalue weighted by molar-refractivity contribution is -0.210. The van der Waals surface area contributed by atoms with Crippen LogP contribution >= 0.6 is 0 Å². The van der Waals surface area contributed by atoms with Gasteiger partial charge in [0.25, 0.3) is 0 Å². The Balaban J connectivity index is 1.39. The Morgan fingerprint density at radius 3 is 2.41 bits per heavy atom. The van der Waals surface area contributed by atoms with Crippen LogP contribution in [-0.2, 0) is 0 Å². The van der Waals surface area contributed by atoms with E-state index in [2.05, 4.69) is 6.92 Å². The highest BCUT2D eigenvalue weighted by Gasteiger charge is 2.76. The lowest BCUT2D eigenvalue weighted by Crippen LogP contribution is -2.64. The average Bonchev–Trinajstić information content (AvgIpc) is 2.91. The van der Waals surface area contributed by atoms with Gasteiger partial charge in [-0.05, 0) is 78.9 Å². The SMILES string of the molecule is CCCC1CC2C(C1O)C1C3CC4CC4C3C21. The van der Waals surface area contributed by atoms with Gasteiger partial charge in [-0.3, -0.25) is 0 Å². The first-order chi connectivity index (χ1) is 8.31. The number of hydrogen-bond donors (Lipinski definition) is 1. The molecule has 1 heteroatoms. The molecule has 1 nitrogen and oxygen atoms in total. The highest BCUT2D eigenvalue weighted by Crippen LogP contribution is 2.80. The third-order valence-electron chi connectivity index (χ3n) is 7.47. The second kappa shape index (κ2) is 2.92. The van der Waals surface area contributed by atoms with Gasteiger partial charge in [-0.15, -0.1) is 0 Å². The lowest BCUT2D eigenvalue weighted by atomic mass is 9.38. The minimum atomic E-state index is 0.0825. The van der Waals surface area contributed by atoms with Crippen LogP contribution in [0.3, 0.4) is 0 Å². The first kappa shape index (κ1) is 9.83. The predicted octanol–water partition coefficient (Wildman–Crippen LogP) is 2.93. The van der Waals surface area contributed by atoms with E-state index in [4.69, 9.17) is 0 Å². The number of rotatable bonds is 2. The summed E-state index contributed by atoms with van der Waals surface area (Å²) in [5.41, 5.74) is 0. The molecule has 5 saturated carbocycles. The molecule has 5 fully saturated rings. The number of hydrogen-bond acceptors (Lipinski definition) is 1. The standard InChI is InChI=1S/C16H24O/c1-2-3-7-4-11-13-12-9-5-8(9)6-10(12)14(13)15(11)16(7)17/h7-17H,2-6H2,1H3. The van der Waals surface area contributed by atoms with Gasteiger partial charge in [-0.2, -0.15) is 0 Å². The molecule has 0 aliphatic heterocycles. The molecule has 0 radical (unpaired) electrons. The van der Waals surface area contributed by atoms with E-state index in [1.807, 2.05) is 0 Å². The van der Waals surface area contributed by atoms with Crippen LogP contribution < -0.4 is 0 Å². The van der Waals surface area contributed by atoms with Gasteiger partial charge in [-0.1, -0.05) is 13.3 Å². The molecule has 0 amide bonds. The van der Waals surface area contributed by atoms with Crippen molar-refractivity contribution in [1.29, 1.82) is 0 Å². The van der Waals surface area contributed by atoms with E-state index in [1.165, 1.54) is 19.3 Å². The van der Waals surface area contributed by atoms with E-state index in [9.17, 15) is 5.11 Å². The predicted molar refractivity (Wildman–Crippen MR) is 66.2 cm³/mol. The summed E-state index contributed by atoms with van der Waals surface area (Å²) in [6, 6.07) is 0. The summed E-state index contributed by atoms with van der Waals surface area (Å²) >= 11 is 0. The molecule has 94 valence electrons. The van der Waals surface area contributed by atoms with Gasteiger partial charge >= 0.3 is 0 Å². The monoisotopic (exact) mass is 232 g/mol. The van der Waals surface area contributed by atoms with Crippen LogP contribution in [0.1, 0.15) is 39.0 Å². The zero-order valence-electron chi connectivity index (χ0n) is 10.8. The van der Waals surface area contributed by atoms with Crippen LogP contribution in [0.2, 0.25) is 0 Å². The second-order valence-electron chi connectivity index (χ2n) is 7.81. The Labute approximate surface area is 104 Å². The largest absolute Gasteiger partial charge is 0.393 e. The van der Waals surface area contributed by atoms with Crippen LogP contribution in [0.4, 0.5) is 0 Å². The third-order valence-corrected chi connectivity index (χ3v) is 7.47. The molecule has 5 aliphatic rings. The Bertz CT molecular complexity index is 365. The van der Waals surface area contributed by atoms with E-state index in [-0.39, 0.29) is 6.10 Å². The van der Waals surface area contributed by atoms with Gasteiger partial charge < -0.3 is 5.11 Å². The van der Waals surface area contributed by atoms with Gasteiger partial charge in [0.2, 0.25) is 0 Å². The summed E-state index contributed by atoms with van der Waals surface area (Å²) in [6.07, 6.45) is 7.11. The maximum Gasteiger partial charge on any atom is 0.0602 e. The smallest absolute Gasteiger partial charge is 0.0602 e. The number of aliphatic hydroxyl groups excluding tert-OH is 1. The molecule has 0 heterocycles. The summed E-state index contributed by atoms with van der Waals surface area (Å²) in [4.78, 5) is 0. The van der Waals surface area contributed by atoms with Crippen LogP contribution in [0, 0.1) is 53.3 Å². The minimum Gasteiger partial charge on any atom is -0.393 e. The number of aliphatic hydroxyl groups is 1. The van der Waals surface area contributed by atoms with E-state index < -0.39 is 0 Å². The zero-order valence-corrected chi connectivity index (χ0v) is 10.8. The molecule has 5 aliphatic carbocycles. The van der Waals surface area contributed by atoms with E-state index in [1.54, 1.807) is 12.8 Å². The maximum atomic E-state index is 10.5. The molecule has 10 atom stereocenters. The summed E-state index contributed by atoms with van der Waals surface area (Å²) in [7, 11) is 0. The minimum absolute atomic E-state index is 0.0825. The van der Waals surface area contributed by atoms with Gasteiger partial charge in [0.15, 0.2) is 0 Å². The molecule has 0 saturated heterocycles. The van der Waals surface area contributed by atoms with Crippen molar-refractivity contribution in [2.45, 2.75) is 45.1 Å². The molecule has 1 N–H and O–H groups in total. The fourth-order valence-corrected chi connectivity index (χ4v) is 6.99. The van der Waals surface area contributed by atoms with E-state index in [0.29, 0.717) is 5.92 Å². The second-order valence-corrected chi connectivity index (χ2v) is 7.81. The van der Waals surface area contributed by atoms with Crippen molar-refractivity contribution in [3.05, 3.63) is 0 Å². The van der Waals surface area contributed by atoms with Crippen LogP contribution in [0.5, 0.6) is 0 Å². The highest BCUT2D eigenvalue weighted by atomic mass is 16.3. The highest BCUT2D eigenvalue weighted by molar-refractivity contribution is 5.23. The molecular weight excluding hydrogens is 208 g/mol. The van der Waals surface area contributed by atoms with E-state index >= 15 is 0 Å². The molecule has 0 bridgehead atoms. The Morgan fingerprint density at radius 2 is 1.59 bits per heavy atom. The van der Waals surface area contributed by atoms with Gasteiger partial charge in [0, 0.05) is 0 Å². The van der Waals surface area contributed by atoms with Crippen molar-refractivity contribution in [2.24, 2.45) is 53.3 Å². The van der Waals surface area contributed by atoms with Crippen molar-refractivity contribution < 1.29 is 5.11 Å². The quantitative estimate of drug-likeness (QED) is 0.776. The fourth-order valence-electron chi connectivity index (χ4n) is 6.99. The van der Waals surface area contributed by atoms with Crippen LogP contribution in [0.25, 0.3) is 0 Å². The van der Waals surface area contributed by atoms with E-state index in [0.717, 1.165) is 47.3 Å². The molecule has 0 aromatic carbocycles. The molecule has 0 aromatic rings. The van der Waals surface area contributed by atoms with Crippen molar-refractivity contribution in [2.75, 3.05) is 0 Å². The first-order valence-corrected chi connectivity index (χ1v) is 7.99. The summed E-state index contributed by atoms with van der Waals surface area (Å²) in [6.45, 7) is 2.27. The number of fused-ring (bicyclic) bond motifs is 9. The van der Waals surface area contributed by atoms with Crippen LogP contribution in [-0.4, -0.2) is 11.2 Å². The summed E-state index contributed by atoms with van der Waals surface area (Å²) in [5.74, 6) is 8.93. The molecule has 17 heavy (non-hydrogen) atoms. The molecule has 10 unspecified atom stereocenters. The van der Waals surface area contributed by atoms with Gasteiger partial charge in [0.05, 0.1) is 6.10 Å². The molecular formula is C16H24O. The first-order valence-electron chi connectivity index (χ1n) is 7.99. The van der Waals surface area contributed by atoms with Crippen molar-refractivity contribution in [3.8, 4) is 0 Å². The fraction of sp³-hybridized carbons (Fsp3) is 1.00. The van der Waals surface area contributed by atoms with Crippen molar-refractivity contribution >= 4 is 0 Å². The summed E-state index contributed by atoms with van der Waals surface area (Å²) < 4.78 is 0. The average molecular weight is 232 g/mol. The Kier molecular flexibility index (Phi) is 1.69. The zero-order chi connectivity index (χ0) is 11.3. The summed E-state index contributed by atoms with van der Waals surface area (Å²) in [5, 5.41) is 10.5. The topological polar surface area (TPSA) is 20.2 Å². The van der Waals surface area contributed by atoms with Gasteiger partial charge in [-0.25, -0.2) is 0 Å². The molecule has 5 rings (SSSR count). The van der Waals surface area contributed by atoms with Crippen LogP contribution in [0.15, 0.2) is 0 Å². The third kappa shape index (κ3) is 0.959. The molecule has 0 aromatic heterocycles. The van der Waals surface area contributed by atoms with Crippen molar-refractivity contribution in [3.63, 3.8) is 0 Å². The lowest BCUT2D eigenvalue weighted by Gasteiger charge is -2.66. The Morgan fingerprint density at radius 1 is 0.882 bits per heavy atom.